The van der Waals surface area contributed by atoms with Crippen molar-refractivity contribution in [3.05, 3.63) is 101 Å². The first-order chi connectivity index (χ1) is 27.2. The maximum Gasteiger partial charge on any atom is 0.230 e. The van der Waals surface area contributed by atoms with Crippen molar-refractivity contribution in [1.29, 1.82) is 0 Å². The maximum absolute atomic E-state index is 14.0. The smallest absolute Gasteiger partial charge is 0.230 e. The summed E-state index contributed by atoms with van der Waals surface area (Å²) < 4.78 is 12.1. The van der Waals surface area contributed by atoms with Crippen LogP contribution in [0.25, 0.3) is 27.5 Å². The Morgan fingerprint density at radius 2 is 1.73 bits per heavy atom. The van der Waals surface area contributed by atoms with Crippen LogP contribution in [0.4, 0.5) is 5.69 Å². The molecule has 0 radical (unpaired) electrons. The highest BCUT2D eigenvalue weighted by atomic mass is 16.5. The molecule has 8 nitrogen and oxygen atoms in total. The van der Waals surface area contributed by atoms with Crippen molar-refractivity contribution in [2.75, 3.05) is 26.8 Å². The van der Waals surface area contributed by atoms with Crippen LogP contribution in [0.5, 0.6) is 5.75 Å². The largest absolute Gasteiger partial charge is 0.488 e. The number of rotatable bonds is 9. The molecule has 56 heavy (non-hydrogen) atoms. The topological polar surface area (TPSA) is 83.8 Å². The van der Waals surface area contributed by atoms with Crippen LogP contribution < -0.4 is 4.74 Å². The van der Waals surface area contributed by atoms with E-state index in [1.807, 2.05) is 43.5 Å². The molecule has 288 valence electrons. The Bertz CT molecular complexity index is 2310. The Kier molecular flexibility index (Phi) is 9.64. The first-order valence-corrected chi connectivity index (χ1v) is 20.5. The normalized spacial score (nSPS) is 22.3. The van der Waals surface area contributed by atoms with Gasteiger partial charge in [-0.25, -0.2) is 0 Å². The summed E-state index contributed by atoms with van der Waals surface area (Å²) in [6.07, 6.45) is 6.35. The van der Waals surface area contributed by atoms with E-state index < -0.39 is 0 Å². The standard InChI is InChI=1S/C48H52N4O4/c1-28(2)29(3)47(53)51-17-9-12-44(51)42-21-35(24-49-42)33-13-15-37-36(19-33)27-56-46-23-38-34(20-40(37)46)14-16-41-39(38)22-43(50-41)45-18-31(26-55-5)25-52(45)48(54)30(4)32-10-7-6-8-11-32/h6-8,10-11,13-16,19-20,23-24,28-31,44-45H,9,12,17-18,21-22,25-27H2,1-5H3/t29-,30+,31-,44-,45-/m0/s1. The Labute approximate surface area is 330 Å². The van der Waals surface area contributed by atoms with Gasteiger partial charge in [0.05, 0.1) is 30.3 Å². The Hall–Kier alpha value is -5.08. The number of nitrogens with zero attached hydrogens (tertiary/aromatic N) is 4. The fourth-order valence-corrected chi connectivity index (χ4v) is 9.65. The summed E-state index contributed by atoms with van der Waals surface area (Å²) in [5.74, 6) is 1.67. The molecule has 5 heterocycles. The van der Waals surface area contributed by atoms with Crippen molar-refractivity contribution in [3.63, 3.8) is 0 Å². The summed E-state index contributed by atoms with van der Waals surface area (Å²) in [6.45, 7) is 10.9. The summed E-state index contributed by atoms with van der Waals surface area (Å²) in [6, 6.07) is 25.6. The number of hydrogen-bond acceptors (Lipinski definition) is 6. The van der Waals surface area contributed by atoms with Gasteiger partial charge in [-0.3, -0.25) is 19.6 Å². The average molecular weight is 749 g/mol. The lowest BCUT2D eigenvalue weighted by Gasteiger charge is -2.29. The number of carbonyl (C=O) groups excluding carboxylic acids is 2. The van der Waals surface area contributed by atoms with Gasteiger partial charge in [0, 0.05) is 68.1 Å². The third-order valence-corrected chi connectivity index (χ3v) is 13.2. The molecule has 0 unspecified atom stereocenters. The fraction of sp³-hybridized carbons (Fsp3) is 0.417. The number of ether oxygens (including phenoxy) is 2. The van der Waals surface area contributed by atoms with Gasteiger partial charge in [0.2, 0.25) is 11.8 Å². The van der Waals surface area contributed by atoms with E-state index in [0.717, 1.165) is 82.6 Å². The molecule has 0 aliphatic carbocycles. The molecule has 4 aromatic carbocycles. The lowest BCUT2D eigenvalue weighted by atomic mass is 9.89. The number of carbonyl (C=O) groups is 2. The van der Waals surface area contributed by atoms with E-state index in [-0.39, 0.29) is 41.7 Å². The van der Waals surface area contributed by atoms with Gasteiger partial charge in [-0.05, 0) is 101 Å². The van der Waals surface area contributed by atoms with Crippen molar-refractivity contribution in [1.82, 2.24) is 9.80 Å². The molecule has 9 rings (SSSR count). The maximum atomic E-state index is 14.0. The molecular formula is C48H52N4O4. The minimum absolute atomic E-state index is 0.0148. The van der Waals surface area contributed by atoms with Gasteiger partial charge in [-0.15, -0.1) is 0 Å². The van der Waals surface area contributed by atoms with E-state index in [4.69, 9.17) is 19.5 Å². The van der Waals surface area contributed by atoms with Crippen molar-refractivity contribution in [2.24, 2.45) is 27.7 Å². The lowest BCUT2D eigenvalue weighted by molar-refractivity contribution is -0.136. The highest BCUT2D eigenvalue weighted by Gasteiger charge is 2.41. The van der Waals surface area contributed by atoms with Gasteiger partial charge in [0.1, 0.15) is 12.4 Å². The van der Waals surface area contributed by atoms with E-state index in [1.165, 1.54) is 22.3 Å². The van der Waals surface area contributed by atoms with Crippen LogP contribution in [-0.4, -0.2) is 71.9 Å². The Morgan fingerprint density at radius 3 is 2.54 bits per heavy atom. The van der Waals surface area contributed by atoms with Crippen LogP contribution in [0.3, 0.4) is 0 Å². The number of fused-ring (bicyclic) bond motifs is 6. The predicted octanol–water partition coefficient (Wildman–Crippen LogP) is 9.16. The molecule has 2 fully saturated rings. The van der Waals surface area contributed by atoms with Crippen molar-refractivity contribution < 1.29 is 19.1 Å². The quantitative estimate of drug-likeness (QED) is 0.171. The second-order valence-corrected chi connectivity index (χ2v) is 16.9. The highest BCUT2D eigenvalue weighted by molar-refractivity contribution is 6.07. The second-order valence-electron chi connectivity index (χ2n) is 16.9. The van der Waals surface area contributed by atoms with E-state index in [9.17, 15) is 9.59 Å². The molecule has 0 spiro atoms. The molecule has 5 aliphatic heterocycles. The van der Waals surface area contributed by atoms with Gasteiger partial charge in [-0.2, -0.15) is 0 Å². The highest BCUT2D eigenvalue weighted by Crippen LogP contribution is 2.45. The number of allylic oxidation sites excluding steroid dienone is 1. The fourth-order valence-electron chi connectivity index (χ4n) is 9.65. The number of hydrogen-bond donors (Lipinski definition) is 0. The molecule has 5 aliphatic rings. The Balaban J connectivity index is 0.930. The predicted molar refractivity (Wildman–Crippen MR) is 224 cm³/mol. The summed E-state index contributed by atoms with van der Waals surface area (Å²) in [7, 11) is 1.74. The van der Waals surface area contributed by atoms with Crippen LogP contribution in [0.15, 0.2) is 89.0 Å². The number of aliphatic imine (C=N–C) groups is 2. The summed E-state index contributed by atoms with van der Waals surface area (Å²) >= 11 is 0. The molecule has 0 aromatic heterocycles. The summed E-state index contributed by atoms with van der Waals surface area (Å²) in [4.78, 5) is 41.6. The van der Waals surface area contributed by atoms with Gasteiger partial charge in [-0.1, -0.05) is 69.3 Å². The van der Waals surface area contributed by atoms with Gasteiger partial charge < -0.3 is 19.3 Å². The molecule has 5 atom stereocenters. The minimum Gasteiger partial charge on any atom is -0.488 e. The first-order valence-electron chi connectivity index (χ1n) is 20.5. The Morgan fingerprint density at radius 1 is 0.893 bits per heavy atom. The van der Waals surface area contributed by atoms with Gasteiger partial charge in [0.15, 0.2) is 0 Å². The summed E-state index contributed by atoms with van der Waals surface area (Å²) in [5.41, 5.74) is 11.2. The molecule has 2 amide bonds. The minimum atomic E-state index is -0.230. The van der Waals surface area contributed by atoms with Crippen molar-refractivity contribution >= 4 is 45.3 Å². The van der Waals surface area contributed by atoms with Crippen LogP contribution in [0, 0.1) is 17.8 Å². The second kappa shape index (κ2) is 14.8. The molecular weight excluding hydrogens is 697 g/mol. The molecule has 0 saturated carbocycles. The monoisotopic (exact) mass is 748 g/mol. The van der Waals surface area contributed by atoms with Crippen molar-refractivity contribution in [2.45, 2.75) is 84.4 Å². The first kappa shape index (κ1) is 36.6. The lowest BCUT2D eigenvalue weighted by Crippen LogP contribution is -2.43. The molecule has 8 heteroatoms. The number of methoxy groups -OCH3 is 1. The van der Waals surface area contributed by atoms with E-state index in [2.05, 4.69) is 73.0 Å². The zero-order valence-electron chi connectivity index (χ0n) is 33.3. The number of amides is 2. The molecule has 0 bridgehead atoms. The third kappa shape index (κ3) is 6.46. The third-order valence-electron chi connectivity index (χ3n) is 13.2. The average Bonchev–Trinajstić information content (AvgIpc) is 4.05. The van der Waals surface area contributed by atoms with Crippen LogP contribution >= 0.6 is 0 Å². The van der Waals surface area contributed by atoms with Crippen LogP contribution in [0.2, 0.25) is 0 Å². The van der Waals surface area contributed by atoms with Gasteiger partial charge >= 0.3 is 0 Å². The van der Waals surface area contributed by atoms with Gasteiger partial charge in [0.25, 0.3) is 0 Å². The van der Waals surface area contributed by atoms with Crippen molar-refractivity contribution in [3.8, 4) is 16.9 Å². The summed E-state index contributed by atoms with van der Waals surface area (Å²) in [5, 5.41) is 2.32. The van der Waals surface area contributed by atoms with Crippen LogP contribution in [0.1, 0.15) is 81.5 Å². The number of likely N-dealkylation sites (tertiary alicyclic amines) is 2. The SMILES string of the molecule is COC[C@H]1C[C@@H](C2=Nc3ccc4cc5c(cc4c3C2)OCc2cc(C3=CN=C([C@@H]4CCCN4C(=O)[C@@H](C)C(C)C)C3)ccc2-5)N(C(=O)[C@H](C)c2ccccc2)C1. The zero-order chi connectivity index (χ0) is 38.7. The van der Waals surface area contributed by atoms with E-state index in [0.29, 0.717) is 32.1 Å². The molecule has 4 aromatic rings. The van der Waals surface area contributed by atoms with E-state index in [1.54, 1.807) is 7.11 Å². The molecule has 0 N–H and O–H groups in total. The molecule has 2 saturated heterocycles. The van der Waals surface area contributed by atoms with Crippen LogP contribution in [-0.2, 0) is 27.4 Å². The van der Waals surface area contributed by atoms with E-state index >= 15 is 0 Å². The zero-order valence-corrected chi connectivity index (χ0v) is 33.3. The number of benzene rings is 4.